The van der Waals surface area contributed by atoms with Gasteiger partial charge in [0.15, 0.2) is 5.03 Å². The normalized spacial score (nSPS) is 19.0. The van der Waals surface area contributed by atoms with Crippen molar-refractivity contribution in [1.82, 2.24) is 24.5 Å². The van der Waals surface area contributed by atoms with Gasteiger partial charge < -0.3 is 14.8 Å². The van der Waals surface area contributed by atoms with Crippen LogP contribution in [-0.2, 0) is 17.1 Å². The molecular weight excluding hydrogens is 294 g/mol. The fraction of sp³-hybridized carbons (Fsp3) is 0.667. The van der Waals surface area contributed by atoms with Crippen LogP contribution in [0.4, 0.5) is 4.79 Å². The smallest absolute Gasteiger partial charge is 0.317 e. The van der Waals surface area contributed by atoms with E-state index in [-0.39, 0.29) is 17.1 Å². The molecule has 1 fully saturated rings. The molecule has 0 aromatic carbocycles. The number of urea groups is 1. The van der Waals surface area contributed by atoms with Crippen LogP contribution in [-0.4, -0.2) is 54.6 Å². The predicted octanol–water partition coefficient (Wildman–Crippen LogP) is -0.189. The van der Waals surface area contributed by atoms with Crippen molar-refractivity contribution in [1.29, 1.82) is 0 Å². The summed E-state index contributed by atoms with van der Waals surface area (Å²) in [5, 5.41) is 2.72. The molecule has 0 aliphatic carbocycles. The lowest BCUT2D eigenvalue weighted by atomic mass is 10.3. The molecule has 1 aromatic rings. The minimum atomic E-state index is -3.65. The second kappa shape index (κ2) is 6.02. The number of hydrogen-bond acceptors (Lipinski definition) is 4. The van der Waals surface area contributed by atoms with Crippen molar-refractivity contribution in [2.75, 3.05) is 19.6 Å². The van der Waals surface area contributed by atoms with Gasteiger partial charge in [0.1, 0.15) is 5.82 Å². The molecule has 0 saturated carbocycles. The van der Waals surface area contributed by atoms with Gasteiger partial charge in [-0.1, -0.05) is 0 Å². The highest BCUT2D eigenvalue weighted by Crippen LogP contribution is 2.14. The number of carbonyl (C=O) groups excluding carboxylic acids is 1. The summed E-state index contributed by atoms with van der Waals surface area (Å²) in [4.78, 5) is 17.3. The van der Waals surface area contributed by atoms with Crippen molar-refractivity contribution in [3.63, 3.8) is 0 Å². The molecule has 0 bridgehead atoms. The fourth-order valence-electron chi connectivity index (χ4n) is 2.24. The number of aromatic nitrogens is 2. The van der Waals surface area contributed by atoms with Gasteiger partial charge in [-0.2, -0.15) is 0 Å². The van der Waals surface area contributed by atoms with Crippen molar-refractivity contribution in [3.8, 4) is 0 Å². The second-order valence-corrected chi connectivity index (χ2v) is 6.79. The topological polar surface area (TPSA) is 96.3 Å². The Kier molecular flexibility index (Phi) is 4.52. The summed E-state index contributed by atoms with van der Waals surface area (Å²) in [6.45, 7) is 5.05. The Balaban J connectivity index is 2.00. The quantitative estimate of drug-likeness (QED) is 0.805. The molecule has 2 amide bonds. The van der Waals surface area contributed by atoms with Gasteiger partial charge in [0, 0.05) is 38.9 Å². The van der Waals surface area contributed by atoms with E-state index in [1.807, 2.05) is 6.92 Å². The van der Waals surface area contributed by atoms with Gasteiger partial charge >= 0.3 is 6.03 Å². The minimum absolute atomic E-state index is 0.0129. The Morgan fingerprint density at radius 3 is 2.81 bits per heavy atom. The lowest BCUT2D eigenvalue weighted by Gasteiger charge is -2.17. The number of imidazole rings is 1. The zero-order valence-corrected chi connectivity index (χ0v) is 13.3. The molecule has 2 N–H and O–H groups in total. The van der Waals surface area contributed by atoms with Gasteiger partial charge in [-0.3, -0.25) is 0 Å². The monoisotopic (exact) mass is 315 g/mol. The van der Waals surface area contributed by atoms with E-state index in [0.29, 0.717) is 31.9 Å². The van der Waals surface area contributed by atoms with E-state index >= 15 is 0 Å². The second-order valence-electron chi connectivity index (χ2n) is 5.13. The highest BCUT2D eigenvalue weighted by Gasteiger charge is 2.30. The number of hydrogen-bond donors (Lipinski definition) is 2. The van der Waals surface area contributed by atoms with Crippen LogP contribution >= 0.6 is 0 Å². The Bertz CT molecular complexity index is 605. The molecule has 0 radical (unpaired) electrons. The molecule has 0 spiro atoms. The Labute approximate surface area is 124 Å². The third-order valence-electron chi connectivity index (χ3n) is 3.49. The molecule has 1 unspecified atom stereocenters. The van der Waals surface area contributed by atoms with Crippen LogP contribution in [0.5, 0.6) is 0 Å². The lowest BCUT2D eigenvalue weighted by Crippen LogP contribution is -2.42. The number of rotatable bonds is 4. The summed E-state index contributed by atoms with van der Waals surface area (Å²) in [7, 11) is -1.90. The molecule has 1 aromatic heterocycles. The summed E-state index contributed by atoms with van der Waals surface area (Å²) in [6, 6.07) is -0.437. The first kappa shape index (κ1) is 15.8. The van der Waals surface area contributed by atoms with Crippen LogP contribution in [0.3, 0.4) is 0 Å². The summed E-state index contributed by atoms with van der Waals surface area (Å²) >= 11 is 0. The maximum absolute atomic E-state index is 12.2. The van der Waals surface area contributed by atoms with Crippen molar-refractivity contribution in [2.24, 2.45) is 7.05 Å². The molecule has 2 heterocycles. The van der Waals surface area contributed by atoms with Gasteiger partial charge in [-0.05, 0) is 20.3 Å². The van der Waals surface area contributed by atoms with Gasteiger partial charge in [0.2, 0.25) is 0 Å². The number of amides is 2. The van der Waals surface area contributed by atoms with Gasteiger partial charge in [-0.25, -0.2) is 22.9 Å². The predicted molar refractivity (Wildman–Crippen MR) is 77.3 cm³/mol. The molecule has 9 heteroatoms. The highest BCUT2D eigenvalue weighted by atomic mass is 32.2. The molecule has 1 aliphatic heterocycles. The maximum atomic E-state index is 12.2. The first-order valence-corrected chi connectivity index (χ1v) is 8.37. The third kappa shape index (κ3) is 3.53. The average molecular weight is 315 g/mol. The Hall–Kier alpha value is -1.61. The van der Waals surface area contributed by atoms with Crippen molar-refractivity contribution >= 4 is 16.1 Å². The van der Waals surface area contributed by atoms with E-state index in [2.05, 4.69) is 15.0 Å². The van der Waals surface area contributed by atoms with E-state index in [1.54, 1.807) is 23.4 Å². The van der Waals surface area contributed by atoms with Crippen molar-refractivity contribution in [3.05, 3.63) is 12.0 Å². The average Bonchev–Trinajstić information content (AvgIpc) is 2.98. The number of carbonyl (C=O) groups is 1. The number of nitrogens with one attached hydrogen (secondary N) is 2. The van der Waals surface area contributed by atoms with Gasteiger partial charge in [0.05, 0.1) is 0 Å². The zero-order valence-electron chi connectivity index (χ0n) is 12.5. The number of sulfonamides is 1. The molecule has 8 nitrogen and oxygen atoms in total. The molecule has 1 atom stereocenters. The molecule has 21 heavy (non-hydrogen) atoms. The molecule has 1 aliphatic rings. The summed E-state index contributed by atoms with van der Waals surface area (Å²) in [5.41, 5.74) is 0. The van der Waals surface area contributed by atoms with Crippen molar-refractivity contribution < 1.29 is 13.2 Å². The van der Waals surface area contributed by atoms with E-state index < -0.39 is 10.0 Å². The van der Waals surface area contributed by atoms with Crippen LogP contribution in [0.25, 0.3) is 0 Å². The van der Waals surface area contributed by atoms with Gasteiger partial charge in [-0.15, -0.1) is 0 Å². The SMILES string of the molecule is CCNC(=O)N1CCC(NS(=O)(=O)c2cn(C)c(C)n2)C1. The summed E-state index contributed by atoms with van der Waals surface area (Å²) in [6.07, 6.45) is 2.08. The fourth-order valence-corrected chi connectivity index (χ4v) is 3.54. The maximum Gasteiger partial charge on any atom is 0.317 e. The van der Waals surface area contributed by atoms with Crippen LogP contribution in [0.1, 0.15) is 19.2 Å². The number of aryl methyl sites for hydroxylation is 2. The summed E-state index contributed by atoms with van der Waals surface area (Å²) in [5.74, 6) is 0.630. The van der Waals surface area contributed by atoms with Crippen LogP contribution in [0.15, 0.2) is 11.2 Å². The van der Waals surface area contributed by atoms with Gasteiger partial charge in [0.25, 0.3) is 10.0 Å². The first-order chi connectivity index (χ1) is 9.83. The van der Waals surface area contributed by atoms with Crippen LogP contribution in [0, 0.1) is 6.92 Å². The first-order valence-electron chi connectivity index (χ1n) is 6.88. The third-order valence-corrected chi connectivity index (χ3v) is 4.88. The molecular formula is C12H21N5O3S. The highest BCUT2D eigenvalue weighted by molar-refractivity contribution is 7.89. The van der Waals surface area contributed by atoms with E-state index in [9.17, 15) is 13.2 Å². The number of likely N-dealkylation sites (tertiary alicyclic amines) is 1. The Morgan fingerprint density at radius 2 is 2.24 bits per heavy atom. The molecule has 1 saturated heterocycles. The largest absolute Gasteiger partial charge is 0.338 e. The standard InChI is InChI=1S/C12H21N5O3S/c1-4-13-12(18)17-6-5-10(7-17)15-21(19,20)11-8-16(3)9(2)14-11/h8,10,15H,4-7H2,1-3H3,(H,13,18). The molecule has 2 rings (SSSR count). The van der Waals surface area contributed by atoms with Crippen LogP contribution < -0.4 is 10.0 Å². The lowest BCUT2D eigenvalue weighted by molar-refractivity contribution is 0.208. The van der Waals surface area contributed by atoms with E-state index in [1.165, 1.54) is 6.20 Å². The minimum Gasteiger partial charge on any atom is -0.338 e. The van der Waals surface area contributed by atoms with E-state index in [0.717, 1.165) is 0 Å². The van der Waals surface area contributed by atoms with Crippen molar-refractivity contribution in [2.45, 2.75) is 31.3 Å². The van der Waals surface area contributed by atoms with E-state index in [4.69, 9.17) is 0 Å². The van der Waals surface area contributed by atoms with Crippen LogP contribution in [0.2, 0.25) is 0 Å². The molecule has 118 valence electrons. The number of nitrogens with zero attached hydrogens (tertiary/aromatic N) is 3. The Morgan fingerprint density at radius 1 is 1.52 bits per heavy atom. The zero-order chi connectivity index (χ0) is 15.6. The summed E-state index contributed by atoms with van der Waals surface area (Å²) < 4.78 is 28.8.